The van der Waals surface area contributed by atoms with E-state index in [1.807, 2.05) is 0 Å². The van der Waals surface area contributed by atoms with Crippen LogP contribution in [0.2, 0.25) is 0 Å². The Hall–Kier alpha value is -0.890. The number of hydrogen-bond acceptors (Lipinski definition) is 1. The van der Waals surface area contributed by atoms with Crippen LogP contribution >= 0.6 is 12.2 Å². The van der Waals surface area contributed by atoms with Crippen molar-refractivity contribution in [3.05, 3.63) is 34.9 Å². The van der Waals surface area contributed by atoms with Crippen LogP contribution in [-0.2, 0) is 11.8 Å². The lowest BCUT2D eigenvalue weighted by Gasteiger charge is -2.22. The monoisotopic (exact) mass is 249 g/mol. The molecule has 0 bridgehead atoms. The second-order valence-electron chi connectivity index (χ2n) is 5.72. The maximum atomic E-state index is 5.51. The van der Waals surface area contributed by atoms with Crippen molar-refractivity contribution < 1.29 is 0 Å². The summed E-state index contributed by atoms with van der Waals surface area (Å²) in [6, 6.07) is 6.76. The predicted octanol–water partition coefficient (Wildman–Crippen LogP) is 3.90. The van der Waals surface area contributed by atoms with Gasteiger partial charge in [0.1, 0.15) is 0 Å². The zero-order chi connectivity index (χ0) is 13.1. The maximum absolute atomic E-state index is 5.51. The van der Waals surface area contributed by atoms with Gasteiger partial charge >= 0.3 is 0 Å². The fraction of sp³-hybridized carbons (Fsp3) is 0.533. The Morgan fingerprint density at radius 1 is 1.29 bits per heavy atom. The van der Waals surface area contributed by atoms with Crippen molar-refractivity contribution >= 4 is 17.2 Å². The molecule has 0 heterocycles. The molecular weight excluding hydrogens is 226 g/mol. The summed E-state index contributed by atoms with van der Waals surface area (Å²) in [5, 5.41) is 0. The van der Waals surface area contributed by atoms with Gasteiger partial charge in [0, 0.05) is 0 Å². The Morgan fingerprint density at radius 2 is 1.94 bits per heavy atom. The van der Waals surface area contributed by atoms with E-state index in [0.717, 1.165) is 19.3 Å². The number of hydrogen-bond donors (Lipinski definition) is 1. The van der Waals surface area contributed by atoms with E-state index in [-0.39, 0.29) is 5.41 Å². The Bertz CT molecular complexity index is 402. The van der Waals surface area contributed by atoms with Crippen LogP contribution in [0.15, 0.2) is 18.2 Å². The third kappa shape index (κ3) is 4.47. The lowest BCUT2D eigenvalue weighted by molar-refractivity contribution is 0.585. The van der Waals surface area contributed by atoms with Gasteiger partial charge in [-0.2, -0.15) is 0 Å². The number of nitrogens with two attached hydrogens (primary N) is 1. The largest absolute Gasteiger partial charge is 0.393 e. The van der Waals surface area contributed by atoms with E-state index in [1.54, 1.807) is 0 Å². The van der Waals surface area contributed by atoms with Gasteiger partial charge in [0.2, 0.25) is 0 Å². The van der Waals surface area contributed by atoms with E-state index in [0.29, 0.717) is 4.99 Å². The minimum atomic E-state index is 0.212. The molecule has 1 aromatic carbocycles. The third-order valence-electron chi connectivity index (χ3n) is 3.00. The molecule has 0 radical (unpaired) electrons. The van der Waals surface area contributed by atoms with Crippen molar-refractivity contribution in [3.63, 3.8) is 0 Å². The molecule has 0 atom stereocenters. The summed E-state index contributed by atoms with van der Waals surface area (Å²) in [6.07, 6.45) is 2.94. The topological polar surface area (TPSA) is 26.0 Å². The summed E-state index contributed by atoms with van der Waals surface area (Å²) in [5.41, 5.74) is 9.92. The first-order valence-electron chi connectivity index (χ1n) is 6.19. The quantitative estimate of drug-likeness (QED) is 0.819. The molecule has 0 unspecified atom stereocenters. The van der Waals surface area contributed by atoms with Crippen LogP contribution in [0.25, 0.3) is 0 Å². The van der Waals surface area contributed by atoms with Gasteiger partial charge < -0.3 is 5.73 Å². The smallest absolute Gasteiger partial charge is 0.0727 e. The Kier molecular flexibility index (Phi) is 4.70. The summed E-state index contributed by atoms with van der Waals surface area (Å²) < 4.78 is 0. The molecule has 0 aliphatic rings. The van der Waals surface area contributed by atoms with Crippen LogP contribution in [0, 0.1) is 6.92 Å². The van der Waals surface area contributed by atoms with Gasteiger partial charge in [0.15, 0.2) is 0 Å². The average Bonchev–Trinajstić information content (AvgIpc) is 2.18. The summed E-state index contributed by atoms with van der Waals surface area (Å²) >= 11 is 4.89. The normalized spacial score (nSPS) is 11.5. The first kappa shape index (κ1) is 14.2. The first-order valence-corrected chi connectivity index (χ1v) is 6.60. The highest BCUT2D eigenvalue weighted by molar-refractivity contribution is 7.80. The van der Waals surface area contributed by atoms with Crippen molar-refractivity contribution in [2.24, 2.45) is 5.73 Å². The number of thiocarbonyl (C=S) groups is 1. The van der Waals surface area contributed by atoms with Gasteiger partial charge in [0.05, 0.1) is 4.99 Å². The molecule has 0 amide bonds. The van der Waals surface area contributed by atoms with Crippen LogP contribution in [0.4, 0.5) is 0 Å². The van der Waals surface area contributed by atoms with Crippen LogP contribution in [0.5, 0.6) is 0 Å². The molecule has 0 aromatic heterocycles. The molecule has 0 fully saturated rings. The number of aryl methyl sites for hydroxylation is 2. The van der Waals surface area contributed by atoms with Crippen molar-refractivity contribution in [3.8, 4) is 0 Å². The van der Waals surface area contributed by atoms with Gasteiger partial charge in [-0.15, -0.1) is 0 Å². The minimum Gasteiger partial charge on any atom is -0.393 e. The Balaban J connectivity index is 2.79. The van der Waals surface area contributed by atoms with E-state index in [4.69, 9.17) is 18.0 Å². The van der Waals surface area contributed by atoms with Crippen molar-refractivity contribution in [2.75, 3.05) is 0 Å². The molecule has 0 aliphatic carbocycles. The fourth-order valence-corrected chi connectivity index (χ4v) is 2.24. The molecule has 2 heteroatoms. The molecule has 94 valence electrons. The molecule has 1 nitrogen and oxygen atoms in total. The number of rotatable bonds is 4. The summed E-state index contributed by atoms with van der Waals surface area (Å²) in [6.45, 7) is 8.95. The van der Waals surface area contributed by atoms with E-state index >= 15 is 0 Å². The van der Waals surface area contributed by atoms with Gasteiger partial charge in [-0.05, 0) is 48.3 Å². The van der Waals surface area contributed by atoms with Crippen LogP contribution in [-0.4, -0.2) is 4.99 Å². The second kappa shape index (κ2) is 5.63. The van der Waals surface area contributed by atoms with Gasteiger partial charge in [-0.1, -0.05) is 51.2 Å². The van der Waals surface area contributed by atoms with Crippen LogP contribution in [0.3, 0.4) is 0 Å². The van der Waals surface area contributed by atoms with Gasteiger partial charge in [-0.25, -0.2) is 0 Å². The van der Waals surface area contributed by atoms with Gasteiger partial charge in [0.25, 0.3) is 0 Å². The highest BCUT2D eigenvalue weighted by Gasteiger charge is 2.16. The molecule has 1 aromatic rings. The van der Waals surface area contributed by atoms with Gasteiger partial charge in [-0.3, -0.25) is 0 Å². The second-order valence-corrected chi connectivity index (χ2v) is 6.24. The van der Waals surface area contributed by atoms with Crippen LogP contribution < -0.4 is 5.73 Å². The standard InChI is InChI=1S/C15H23NS/c1-11-8-9-12(6-5-7-14(16)17)10-13(11)15(2,3)4/h8-10H,5-7H2,1-4H3,(H2,16,17). The van der Waals surface area contributed by atoms with E-state index in [1.165, 1.54) is 16.7 Å². The van der Waals surface area contributed by atoms with E-state index < -0.39 is 0 Å². The molecule has 0 aliphatic heterocycles. The molecule has 2 N–H and O–H groups in total. The SMILES string of the molecule is Cc1ccc(CCCC(N)=S)cc1C(C)(C)C. The molecule has 0 saturated heterocycles. The fourth-order valence-electron chi connectivity index (χ4n) is 2.10. The van der Waals surface area contributed by atoms with E-state index in [9.17, 15) is 0 Å². The summed E-state index contributed by atoms with van der Waals surface area (Å²) in [5.74, 6) is 0. The van der Waals surface area contributed by atoms with Crippen molar-refractivity contribution in [1.29, 1.82) is 0 Å². The molecule has 17 heavy (non-hydrogen) atoms. The summed E-state index contributed by atoms with van der Waals surface area (Å²) in [4.78, 5) is 0.619. The highest BCUT2D eigenvalue weighted by Crippen LogP contribution is 2.26. The third-order valence-corrected chi connectivity index (χ3v) is 3.20. The lowest BCUT2D eigenvalue weighted by atomic mass is 9.83. The van der Waals surface area contributed by atoms with Crippen LogP contribution in [0.1, 0.15) is 50.3 Å². The average molecular weight is 249 g/mol. The zero-order valence-corrected chi connectivity index (χ0v) is 12.2. The predicted molar refractivity (Wildman–Crippen MR) is 79.6 cm³/mol. The maximum Gasteiger partial charge on any atom is 0.0727 e. The molecule has 1 rings (SSSR count). The first-order chi connectivity index (χ1) is 7.80. The Labute approximate surface area is 110 Å². The zero-order valence-electron chi connectivity index (χ0n) is 11.3. The highest BCUT2D eigenvalue weighted by atomic mass is 32.1. The molecule has 0 saturated carbocycles. The number of benzene rings is 1. The summed E-state index contributed by atoms with van der Waals surface area (Å²) in [7, 11) is 0. The molecular formula is C15H23NS. The minimum absolute atomic E-state index is 0.212. The van der Waals surface area contributed by atoms with Crippen molar-refractivity contribution in [1.82, 2.24) is 0 Å². The lowest BCUT2D eigenvalue weighted by Crippen LogP contribution is -2.13. The van der Waals surface area contributed by atoms with Crippen molar-refractivity contribution in [2.45, 2.75) is 52.4 Å². The molecule has 0 spiro atoms. The Morgan fingerprint density at radius 3 is 2.47 bits per heavy atom. The van der Waals surface area contributed by atoms with E-state index in [2.05, 4.69) is 45.9 Å².